The normalized spacial score (nSPS) is 10.4. The van der Waals surface area contributed by atoms with Gasteiger partial charge in [-0.05, 0) is 25.5 Å². The van der Waals surface area contributed by atoms with Crippen molar-refractivity contribution in [2.75, 3.05) is 26.2 Å². The van der Waals surface area contributed by atoms with Gasteiger partial charge in [0.05, 0.1) is 13.2 Å². The Labute approximate surface area is 125 Å². The van der Waals surface area contributed by atoms with Gasteiger partial charge in [0.1, 0.15) is 0 Å². The Morgan fingerprint density at radius 3 is 2.62 bits per heavy atom. The summed E-state index contributed by atoms with van der Waals surface area (Å²) in [6, 6.07) is 9.85. The van der Waals surface area contributed by atoms with Gasteiger partial charge < -0.3 is 10.5 Å². The maximum absolute atomic E-state index is 11.8. The molecule has 0 bridgehead atoms. The predicted molar refractivity (Wildman–Crippen MR) is 80.6 cm³/mol. The van der Waals surface area contributed by atoms with Crippen LogP contribution in [0.2, 0.25) is 0 Å². The Bertz CT molecular complexity index is 437. The van der Waals surface area contributed by atoms with E-state index in [4.69, 9.17) is 5.73 Å². The van der Waals surface area contributed by atoms with Crippen LogP contribution in [0.1, 0.15) is 18.9 Å². The number of alkyl carbamates (subject to hydrolysis) is 1. The molecule has 116 valence electrons. The van der Waals surface area contributed by atoms with Crippen LogP contribution >= 0.6 is 0 Å². The lowest BCUT2D eigenvalue weighted by molar-refractivity contribution is -0.121. The molecule has 2 amide bonds. The molecule has 0 spiro atoms. The molecule has 0 fully saturated rings. The quantitative estimate of drug-likeness (QED) is 0.750. The van der Waals surface area contributed by atoms with Gasteiger partial charge in [0, 0.05) is 13.1 Å². The fraction of sp³-hybridized carbons (Fsp3) is 0.467. The van der Waals surface area contributed by atoms with Crippen LogP contribution in [-0.4, -0.2) is 43.1 Å². The van der Waals surface area contributed by atoms with E-state index in [1.54, 1.807) is 6.92 Å². The minimum absolute atomic E-state index is 0.133. The number of benzene rings is 1. The van der Waals surface area contributed by atoms with Crippen LogP contribution in [0.3, 0.4) is 0 Å². The number of nitrogens with one attached hydrogen (secondary N) is 1. The highest BCUT2D eigenvalue weighted by Crippen LogP contribution is 2.04. The third kappa shape index (κ3) is 7.43. The molecule has 0 aliphatic heterocycles. The lowest BCUT2D eigenvalue weighted by Crippen LogP contribution is -2.40. The Hall–Kier alpha value is -1.92. The van der Waals surface area contributed by atoms with Crippen molar-refractivity contribution in [1.29, 1.82) is 0 Å². The Balaban J connectivity index is 2.52. The summed E-state index contributed by atoms with van der Waals surface area (Å²) in [5, 5.41) is 2.20. The molecule has 0 aromatic heterocycles. The number of nitrogens with two attached hydrogens (primary N) is 1. The average Bonchev–Trinajstić information content (AvgIpc) is 2.46. The second-order valence-corrected chi connectivity index (χ2v) is 4.61. The third-order valence-corrected chi connectivity index (χ3v) is 2.81. The van der Waals surface area contributed by atoms with Gasteiger partial charge in [-0.2, -0.15) is 0 Å². The second-order valence-electron chi connectivity index (χ2n) is 4.61. The second kappa shape index (κ2) is 9.90. The zero-order valence-corrected chi connectivity index (χ0v) is 12.4. The number of hydrogen-bond donors (Lipinski definition) is 2. The molecule has 0 aliphatic rings. The molecule has 0 radical (unpaired) electrons. The number of imide groups is 1. The highest BCUT2D eigenvalue weighted by atomic mass is 16.5. The molecule has 6 heteroatoms. The standard InChI is InChI=1S/C15H23N3O3/c1-2-21-15(20)17-14(19)12-18(10-6-9-16)11-13-7-4-3-5-8-13/h3-5,7-8H,2,6,9-12,16H2,1H3,(H,17,19,20). The largest absolute Gasteiger partial charge is 0.450 e. The molecule has 0 unspecified atom stereocenters. The minimum Gasteiger partial charge on any atom is -0.450 e. The van der Waals surface area contributed by atoms with Crippen molar-refractivity contribution in [3.63, 3.8) is 0 Å². The zero-order chi connectivity index (χ0) is 15.5. The van der Waals surface area contributed by atoms with Crippen molar-refractivity contribution < 1.29 is 14.3 Å². The van der Waals surface area contributed by atoms with Crippen molar-refractivity contribution in [3.8, 4) is 0 Å². The van der Waals surface area contributed by atoms with Gasteiger partial charge in [-0.3, -0.25) is 15.0 Å². The molecule has 0 saturated carbocycles. The van der Waals surface area contributed by atoms with Gasteiger partial charge in [0.15, 0.2) is 0 Å². The molecule has 0 saturated heterocycles. The summed E-state index contributed by atoms with van der Waals surface area (Å²) in [6.07, 6.45) is 0.0838. The fourth-order valence-corrected chi connectivity index (χ4v) is 1.89. The van der Waals surface area contributed by atoms with Gasteiger partial charge in [0.2, 0.25) is 5.91 Å². The van der Waals surface area contributed by atoms with Crippen LogP contribution in [-0.2, 0) is 16.1 Å². The molecule has 1 rings (SSSR count). The van der Waals surface area contributed by atoms with Gasteiger partial charge in [-0.25, -0.2) is 4.79 Å². The van der Waals surface area contributed by atoms with E-state index in [1.807, 2.05) is 35.2 Å². The third-order valence-electron chi connectivity index (χ3n) is 2.81. The summed E-state index contributed by atoms with van der Waals surface area (Å²) < 4.78 is 4.68. The summed E-state index contributed by atoms with van der Waals surface area (Å²) in [7, 11) is 0. The molecule has 3 N–H and O–H groups in total. The van der Waals surface area contributed by atoms with E-state index in [2.05, 4.69) is 10.1 Å². The number of ether oxygens (including phenoxy) is 1. The van der Waals surface area contributed by atoms with Crippen molar-refractivity contribution >= 4 is 12.0 Å². The van der Waals surface area contributed by atoms with E-state index in [0.717, 1.165) is 12.0 Å². The summed E-state index contributed by atoms with van der Waals surface area (Å²) in [5.74, 6) is -0.374. The number of nitrogens with zero attached hydrogens (tertiary/aromatic N) is 1. The van der Waals surface area contributed by atoms with E-state index < -0.39 is 6.09 Å². The smallest absolute Gasteiger partial charge is 0.413 e. The average molecular weight is 293 g/mol. The Morgan fingerprint density at radius 2 is 2.00 bits per heavy atom. The first-order valence-corrected chi connectivity index (χ1v) is 7.08. The zero-order valence-electron chi connectivity index (χ0n) is 12.4. The van der Waals surface area contributed by atoms with Crippen LogP contribution in [0, 0.1) is 0 Å². The maximum atomic E-state index is 11.8. The number of rotatable bonds is 8. The van der Waals surface area contributed by atoms with Crippen LogP contribution in [0.25, 0.3) is 0 Å². The monoisotopic (exact) mass is 293 g/mol. The number of hydrogen-bond acceptors (Lipinski definition) is 5. The van der Waals surface area contributed by atoms with Crippen molar-refractivity contribution in [2.24, 2.45) is 5.73 Å². The maximum Gasteiger partial charge on any atom is 0.413 e. The highest BCUT2D eigenvalue weighted by molar-refractivity contribution is 5.92. The Morgan fingerprint density at radius 1 is 1.29 bits per heavy atom. The molecule has 0 aliphatic carbocycles. The van der Waals surface area contributed by atoms with E-state index in [-0.39, 0.29) is 19.1 Å². The van der Waals surface area contributed by atoms with Crippen molar-refractivity contribution in [1.82, 2.24) is 10.2 Å². The fourth-order valence-electron chi connectivity index (χ4n) is 1.89. The van der Waals surface area contributed by atoms with Crippen LogP contribution in [0.5, 0.6) is 0 Å². The van der Waals surface area contributed by atoms with Gasteiger partial charge in [-0.1, -0.05) is 30.3 Å². The Kier molecular flexibility index (Phi) is 8.08. The molecule has 6 nitrogen and oxygen atoms in total. The first kappa shape index (κ1) is 17.1. The molecular weight excluding hydrogens is 270 g/mol. The van der Waals surface area contributed by atoms with Crippen LogP contribution in [0.4, 0.5) is 4.79 Å². The van der Waals surface area contributed by atoms with E-state index in [9.17, 15) is 9.59 Å². The summed E-state index contributed by atoms with van der Waals surface area (Å²) in [5.41, 5.74) is 6.63. The van der Waals surface area contributed by atoms with E-state index in [1.165, 1.54) is 0 Å². The van der Waals surface area contributed by atoms with Crippen LogP contribution < -0.4 is 11.1 Å². The molecule has 0 heterocycles. The van der Waals surface area contributed by atoms with Crippen molar-refractivity contribution in [2.45, 2.75) is 19.9 Å². The first-order valence-electron chi connectivity index (χ1n) is 7.08. The van der Waals surface area contributed by atoms with E-state index in [0.29, 0.717) is 19.6 Å². The molecule has 0 atom stereocenters. The van der Waals surface area contributed by atoms with Gasteiger partial charge in [-0.15, -0.1) is 0 Å². The molecule has 1 aromatic carbocycles. The lowest BCUT2D eigenvalue weighted by Gasteiger charge is -2.21. The van der Waals surface area contributed by atoms with Gasteiger partial charge >= 0.3 is 6.09 Å². The van der Waals surface area contributed by atoms with Crippen molar-refractivity contribution in [3.05, 3.63) is 35.9 Å². The molecular formula is C15H23N3O3. The number of amides is 2. The SMILES string of the molecule is CCOC(=O)NC(=O)CN(CCCN)Cc1ccccc1. The number of carbonyl (C=O) groups excluding carboxylic acids is 2. The highest BCUT2D eigenvalue weighted by Gasteiger charge is 2.13. The molecule has 21 heavy (non-hydrogen) atoms. The first-order chi connectivity index (χ1) is 10.2. The van der Waals surface area contributed by atoms with Gasteiger partial charge in [0.25, 0.3) is 0 Å². The topological polar surface area (TPSA) is 84.7 Å². The summed E-state index contributed by atoms with van der Waals surface area (Å²) in [4.78, 5) is 25.0. The van der Waals surface area contributed by atoms with E-state index >= 15 is 0 Å². The van der Waals surface area contributed by atoms with Crippen LogP contribution in [0.15, 0.2) is 30.3 Å². The number of carbonyl (C=O) groups is 2. The lowest BCUT2D eigenvalue weighted by atomic mass is 10.2. The minimum atomic E-state index is -0.707. The predicted octanol–water partition coefficient (Wildman–Crippen LogP) is 1.11. The summed E-state index contributed by atoms with van der Waals surface area (Å²) >= 11 is 0. The summed E-state index contributed by atoms with van der Waals surface area (Å²) in [6.45, 7) is 3.95. The molecule has 1 aromatic rings.